The first kappa shape index (κ1) is 14.7. The number of ether oxygens (including phenoxy) is 1. The Morgan fingerprint density at radius 2 is 2.04 bits per heavy atom. The van der Waals surface area contributed by atoms with Crippen molar-refractivity contribution in [2.45, 2.75) is 37.6 Å². The molecule has 3 heterocycles. The summed E-state index contributed by atoms with van der Waals surface area (Å²) >= 11 is 0. The predicted molar refractivity (Wildman–Crippen MR) is 92.8 cm³/mol. The Bertz CT molecular complexity index is 700. The van der Waals surface area contributed by atoms with Crippen molar-refractivity contribution in [1.29, 1.82) is 0 Å². The molecule has 2 aromatic rings. The van der Waals surface area contributed by atoms with Gasteiger partial charge in [-0.15, -0.1) is 0 Å². The third-order valence-corrected chi connectivity index (χ3v) is 5.55. The van der Waals surface area contributed by atoms with Crippen LogP contribution in [0, 0.1) is 0 Å². The normalized spacial score (nSPS) is 27.0. The summed E-state index contributed by atoms with van der Waals surface area (Å²) in [5, 5.41) is 0. The molecule has 0 bridgehead atoms. The van der Waals surface area contributed by atoms with E-state index in [0.717, 1.165) is 12.4 Å². The van der Waals surface area contributed by atoms with Crippen molar-refractivity contribution >= 4 is 0 Å². The lowest BCUT2D eigenvalue weighted by molar-refractivity contribution is 0.208. The molecule has 2 aliphatic rings. The summed E-state index contributed by atoms with van der Waals surface area (Å²) < 4.78 is 6.02. The molecule has 1 aromatic heterocycles. The van der Waals surface area contributed by atoms with E-state index in [0.29, 0.717) is 6.04 Å². The lowest BCUT2D eigenvalue weighted by atomic mass is 9.77. The van der Waals surface area contributed by atoms with Gasteiger partial charge in [-0.1, -0.05) is 13.0 Å². The Hall–Kier alpha value is -1.87. The van der Waals surface area contributed by atoms with Gasteiger partial charge in [-0.05, 0) is 68.2 Å². The van der Waals surface area contributed by atoms with Gasteiger partial charge in [0, 0.05) is 29.4 Å². The Labute approximate surface area is 138 Å². The highest BCUT2D eigenvalue weighted by Crippen LogP contribution is 2.44. The van der Waals surface area contributed by atoms with E-state index in [4.69, 9.17) is 4.74 Å². The molecule has 0 N–H and O–H groups in total. The topological polar surface area (TPSA) is 25.4 Å². The fraction of sp³-hybridized carbons (Fsp3) is 0.450. The highest BCUT2D eigenvalue weighted by molar-refractivity contribution is 5.66. The molecular formula is C20H24N2O. The Balaban J connectivity index is 1.67. The van der Waals surface area contributed by atoms with Gasteiger partial charge in [-0.2, -0.15) is 0 Å². The van der Waals surface area contributed by atoms with Crippen LogP contribution in [0.4, 0.5) is 0 Å². The zero-order valence-corrected chi connectivity index (χ0v) is 14.0. The first-order valence-electron chi connectivity index (χ1n) is 8.54. The minimum Gasteiger partial charge on any atom is -0.492 e. The molecule has 23 heavy (non-hydrogen) atoms. The van der Waals surface area contributed by atoms with Crippen molar-refractivity contribution in [1.82, 2.24) is 9.88 Å². The second-order valence-electron chi connectivity index (χ2n) is 7.28. The number of aromatic nitrogens is 1. The monoisotopic (exact) mass is 308 g/mol. The van der Waals surface area contributed by atoms with Crippen LogP contribution in [-0.4, -0.2) is 36.1 Å². The van der Waals surface area contributed by atoms with Crippen LogP contribution in [0.5, 0.6) is 5.75 Å². The van der Waals surface area contributed by atoms with Crippen molar-refractivity contribution in [2.24, 2.45) is 0 Å². The molecule has 1 fully saturated rings. The highest BCUT2D eigenvalue weighted by atomic mass is 16.5. The van der Waals surface area contributed by atoms with E-state index in [2.05, 4.69) is 54.2 Å². The van der Waals surface area contributed by atoms with Crippen LogP contribution in [0.2, 0.25) is 0 Å². The molecule has 0 aliphatic carbocycles. The number of benzene rings is 1. The van der Waals surface area contributed by atoms with Crippen LogP contribution in [0.25, 0.3) is 11.1 Å². The molecule has 0 spiro atoms. The molecule has 3 heteroatoms. The second-order valence-corrected chi connectivity index (χ2v) is 7.28. The number of fused-ring (bicyclic) bond motifs is 1. The Morgan fingerprint density at radius 1 is 1.22 bits per heavy atom. The zero-order chi connectivity index (χ0) is 15.9. The van der Waals surface area contributed by atoms with Crippen molar-refractivity contribution in [3.05, 3.63) is 48.3 Å². The summed E-state index contributed by atoms with van der Waals surface area (Å²) in [6.07, 6.45) is 7.52. The van der Waals surface area contributed by atoms with E-state index in [1.807, 2.05) is 12.4 Å². The summed E-state index contributed by atoms with van der Waals surface area (Å²) in [5.74, 6) is 1.06. The van der Waals surface area contributed by atoms with Gasteiger partial charge in [0.05, 0.1) is 6.61 Å². The number of pyridine rings is 1. The van der Waals surface area contributed by atoms with Crippen LogP contribution < -0.4 is 4.74 Å². The number of likely N-dealkylation sites (tertiary alicyclic amines) is 1. The molecule has 1 saturated heterocycles. The SMILES string of the molecule is CN1CCC[C@@H]1CC1(C)COc2ccc(-c3ccncc3)cc21. The van der Waals surface area contributed by atoms with Gasteiger partial charge in [0.15, 0.2) is 0 Å². The number of rotatable bonds is 3. The van der Waals surface area contributed by atoms with Crippen LogP contribution in [-0.2, 0) is 5.41 Å². The molecule has 1 aromatic carbocycles. The van der Waals surface area contributed by atoms with E-state index in [9.17, 15) is 0 Å². The summed E-state index contributed by atoms with van der Waals surface area (Å²) in [4.78, 5) is 6.63. The van der Waals surface area contributed by atoms with Crippen molar-refractivity contribution in [2.75, 3.05) is 20.2 Å². The molecule has 2 atom stereocenters. The number of hydrogen-bond donors (Lipinski definition) is 0. The maximum Gasteiger partial charge on any atom is 0.123 e. The number of nitrogens with zero attached hydrogens (tertiary/aromatic N) is 2. The van der Waals surface area contributed by atoms with E-state index < -0.39 is 0 Å². The third kappa shape index (κ3) is 2.63. The third-order valence-electron chi connectivity index (χ3n) is 5.55. The van der Waals surface area contributed by atoms with Crippen molar-refractivity contribution < 1.29 is 4.74 Å². The Morgan fingerprint density at radius 3 is 2.78 bits per heavy atom. The first-order valence-corrected chi connectivity index (χ1v) is 8.54. The lowest BCUT2D eigenvalue weighted by Gasteiger charge is -2.30. The molecule has 120 valence electrons. The van der Waals surface area contributed by atoms with Crippen LogP contribution >= 0.6 is 0 Å². The summed E-state index contributed by atoms with van der Waals surface area (Å²) in [5.41, 5.74) is 3.95. The van der Waals surface area contributed by atoms with Gasteiger partial charge in [-0.25, -0.2) is 0 Å². The molecule has 2 aliphatic heterocycles. The van der Waals surface area contributed by atoms with Crippen molar-refractivity contribution in [3.8, 4) is 16.9 Å². The fourth-order valence-corrected chi connectivity index (χ4v) is 4.09. The molecule has 4 rings (SSSR count). The lowest BCUT2D eigenvalue weighted by Crippen LogP contribution is -2.35. The molecule has 0 saturated carbocycles. The van der Waals surface area contributed by atoms with Crippen LogP contribution in [0.15, 0.2) is 42.7 Å². The minimum atomic E-state index is 0.113. The van der Waals surface area contributed by atoms with E-state index >= 15 is 0 Å². The van der Waals surface area contributed by atoms with Crippen LogP contribution in [0.1, 0.15) is 31.7 Å². The smallest absolute Gasteiger partial charge is 0.123 e. The quantitative estimate of drug-likeness (QED) is 0.860. The summed E-state index contributed by atoms with van der Waals surface area (Å²) in [6, 6.07) is 11.4. The van der Waals surface area contributed by atoms with Gasteiger partial charge in [0.2, 0.25) is 0 Å². The first-order chi connectivity index (χ1) is 11.2. The van der Waals surface area contributed by atoms with Gasteiger partial charge >= 0.3 is 0 Å². The maximum absolute atomic E-state index is 6.02. The van der Waals surface area contributed by atoms with E-state index in [-0.39, 0.29) is 5.41 Å². The average Bonchev–Trinajstić information content (AvgIpc) is 3.12. The predicted octanol–water partition coefficient (Wildman–Crippen LogP) is 3.88. The number of hydrogen-bond acceptors (Lipinski definition) is 3. The van der Waals surface area contributed by atoms with Crippen molar-refractivity contribution in [3.63, 3.8) is 0 Å². The fourth-order valence-electron chi connectivity index (χ4n) is 4.09. The zero-order valence-electron chi connectivity index (χ0n) is 14.0. The van der Waals surface area contributed by atoms with E-state index in [1.165, 1.54) is 42.5 Å². The summed E-state index contributed by atoms with van der Waals surface area (Å²) in [6.45, 7) is 4.39. The second kappa shape index (κ2) is 5.64. The minimum absolute atomic E-state index is 0.113. The van der Waals surface area contributed by atoms with Gasteiger partial charge < -0.3 is 9.64 Å². The van der Waals surface area contributed by atoms with Gasteiger partial charge in [-0.3, -0.25) is 4.98 Å². The largest absolute Gasteiger partial charge is 0.492 e. The molecule has 1 unspecified atom stereocenters. The van der Waals surface area contributed by atoms with E-state index in [1.54, 1.807) is 0 Å². The molecule has 0 radical (unpaired) electrons. The van der Waals surface area contributed by atoms with Gasteiger partial charge in [0.25, 0.3) is 0 Å². The molecule has 0 amide bonds. The molecular weight excluding hydrogens is 284 g/mol. The maximum atomic E-state index is 6.02. The average molecular weight is 308 g/mol. The van der Waals surface area contributed by atoms with Crippen LogP contribution in [0.3, 0.4) is 0 Å². The van der Waals surface area contributed by atoms with Gasteiger partial charge in [0.1, 0.15) is 5.75 Å². The highest BCUT2D eigenvalue weighted by Gasteiger charge is 2.40. The Kier molecular flexibility index (Phi) is 3.61. The molecule has 3 nitrogen and oxygen atoms in total. The standard InChI is InChI=1S/C20H24N2O/c1-20(13-17-4-3-11-22(17)2)14-23-19-6-5-16(12-18(19)20)15-7-9-21-10-8-15/h5-10,12,17H,3-4,11,13-14H2,1-2H3/t17-,20?/m1/s1. The summed E-state index contributed by atoms with van der Waals surface area (Å²) in [7, 11) is 2.26.